The average Bonchev–Trinajstić information content (AvgIpc) is 2.56. The van der Waals surface area contributed by atoms with E-state index < -0.39 is 9.84 Å². The van der Waals surface area contributed by atoms with Crippen LogP contribution in [0, 0.1) is 11.3 Å². The second kappa shape index (κ2) is 5.10. The number of rotatable bonds is 3. The predicted molar refractivity (Wildman–Crippen MR) is 74.3 cm³/mol. The molecule has 2 heterocycles. The summed E-state index contributed by atoms with van der Waals surface area (Å²) in [5.74, 6) is 3.53. The van der Waals surface area contributed by atoms with Crippen LogP contribution in [-0.2, 0) is 9.84 Å². The maximum absolute atomic E-state index is 11.4. The van der Waals surface area contributed by atoms with Gasteiger partial charge in [-0.3, -0.25) is 0 Å². The van der Waals surface area contributed by atoms with Crippen LogP contribution in [0.15, 0.2) is 0 Å². The van der Waals surface area contributed by atoms with Crippen LogP contribution in [0.25, 0.3) is 0 Å². The molecule has 1 N–H and O–H groups in total. The molecule has 0 aromatic heterocycles. The first-order chi connectivity index (χ1) is 7.89. The lowest BCUT2D eigenvalue weighted by molar-refractivity contribution is 0.239. The molecule has 100 valence electrons. The van der Waals surface area contributed by atoms with Crippen molar-refractivity contribution in [1.82, 2.24) is 5.32 Å². The number of hydrogen-bond donors (Lipinski definition) is 1. The summed E-state index contributed by atoms with van der Waals surface area (Å²) in [6.07, 6.45) is 2.09. The molecule has 3 nitrogen and oxygen atoms in total. The highest BCUT2D eigenvalue weighted by Gasteiger charge is 2.34. The van der Waals surface area contributed by atoms with E-state index >= 15 is 0 Å². The molecule has 0 aromatic rings. The van der Waals surface area contributed by atoms with Crippen molar-refractivity contribution in [2.45, 2.75) is 32.7 Å². The molecular formula is C12H23NO2S2. The highest BCUT2D eigenvalue weighted by atomic mass is 32.2. The molecule has 2 fully saturated rings. The molecule has 2 rings (SSSR count). The van der Waals surface area contributed by atoms with E-state index in [2.05, 4.69) is 19.2 Å². The first kappa shape index (κ1) is 13.7. The third-order valence-electron chi connectivity index (χ3n) is 4.10. The van der Waals surface area contributed by atoms with Gasteiger partial charge >= 0.3 is 0 Å². The highest BCUT2D eigenvalue weighted by Crippen LogP contribution is 2.34. The van der Waals surface area contributed by atoms with Crippen LogP contribution in [0.3, 0.4) is 0 Å². The molecule has 2 unspecified atom stereocenters. The molecule has 0 saturated carbocycles. The van der Waals surface area contributed by atoms with Crippen molar-refractivity contribution in [3.63, 3.8) is 0 Å². The van der Waals surface area contributed by atoms with Gasteiger partial charge in [0.2, 0.25) is 0 Å². The summed E-state index contributed by atoms with van der Waals surface area (Å²) < 4.78 is 22.8. The third-order valence-corrected chi connectivity index (χ3v) is 7.00. The minimum atomic E-state index is -2.72. The fraction of sp³-hybridized carbons (Fsp3) is 1.00. The number of hydrogen-bond acceptors (Lipinski definition) is 4. The molecule has 5 heteroatoms. The first-order valence-corrected chi connectivity index (χ1v) is 9.38. The topological polar surface area (TPSA) is 46.2 Å². The van der Waals surface area contributed by atoms with Crippen molar-refractivity contribution in [3.05, 3.63) is 0 Å². The minimum Gasteiger partial charge on any atom is -0.312 e. The molecule has 0 radical (unpaired) electrons. The second-order valence-electron chi connectivity index (χ2n) is 6.04. The van der Waals surface area contributed by atoms with Crippen molar-refractivity contribution >= 4 is 21.6 Å². The van der Waals surface area contributed by atoms with Gasteiger partial charge in [-0.15, -0.1) is 0 Å². The van der Waals surface area contributed by atoms with Crippen molar-refractivity contribution in [3.8, 4) is 0 Å². The SMILES string of the molecule is CC1(C)CCSCC1NCC1CCS(=O)(=O)C1. The summed E-state index contributed by atoms with van der Waals surface area (Å²) in [6, 6.07) is 0.532. The Bertz CT molecular complexity index is 365. The molecule has 17 heavy (non-hydrogen) atoms. The van der Waals surface area contributed by atoms with E-state index in [1.807, 2.05) is 11.8 Å². The van der Waals surface area contributed by atoms with E-state index in [1.165, 1.54) is 12.2 Å². The van der Waals surface area contributed by atoms with Gasteiger partial charge in [0.05, 0.1) is 11.5 Å². The van der Waals surface area contributed by atoms with Crippen LogP contribution >= 0.6 is 11.8 Å². The molecule has 2 atom stereocenters. The average molecular weight is 277 g/mol. The summed E-state index contributed by atoms with van der Waals surface area (Å²) in [5, 5.41) is 3.61. The van der Waals surface area contributed by atoms with Crippen LogP contribution in [-0.4, -0.2) is 44.0 Å². The number of nitrogens with one attached hydrogen (secondary N) is 1. The van der Waals surface area contributed by atoms with Gasteiger partial charge < -0.3 is 5.32 Å². The Labute approximate surface area is 109 Å². The van der Waals surface area contributed by atoms with E-state index in [0.717, 1.165) is 18.7 Å². The molecule has 0 bridgehead atoms. The van der Waals surface area contributed by atoms with Gasteiger partial charge in [0.15, 0.2) is 9.84 Å². The summed E-state index contributed by atoms with van der Waals surface area (Å²) >= 11 is 2.01. The molecule has 2 aliphatic heterocycles. The Hall–Kier alpha value is 0.260. The number of thioether (sulfide) groups is 1. The molecule has 0 spiro atoms. The lowest BCUT2D eigenvalue weighted by Crippen LogP contribution is -2.48. The van der Waals surface area contributed by atoms with Crippen LogP contribution in [0.2, 0.25) is 0 Å². The molecule has 0 aromatic carbocycles. The van der Waals surface area contributed by atoms with Crippen LogP contribution in [0.5, 0.6) is 0 Å². The molecule has 0 amide bonds. The van der Waals surface area contributed by atoms with E-state index in [1.54, 1.807) is 0 Å². The number of sulfone groups is 1. The minimum absolute atomic E-state index is 0.336. The van der Waals surface area contributed by atoms with E-state index in [-0.39, 0.29) is 0 Å². The van der Waals surface area contributed by atoms with Crippen molar-refractivity contribution in [2.24, 2.45) is 11.3 Å². The fourth-order valence-electron chi connectivity index (χ4n) is 2.61. The maximum atomic E-state index is 11.4. The first-order valence-electron chi connectivity index (χ1n) is 6.41. The summed E-state index contributed by atoms with van der Waals surface area (Å²) in [7, 11) is -2.72. The maximum Gasteiger partial charge on any atom is 0.150 e. The molecular weight excluding hydrogens is 254 g/mol. The Morgan fingerprint density at radius 1 is 1.41 bits per heavy atom. The van der Waals surface area contributed by atoms with E-state index in [9.17, 15) is 8.42 Å². The largest absolute Gasteiger partial charge is 0.312 e. The van der Waals surface area contributed by atoms with Gasteiger partial charge in [-0.1, -0.05) is 13.8 Å². The monoisotopic (exact) mass is 277 g/mol. The predicted octanol–water partition coefficient (Wildman–Crippen LogP) is 1.54. The van der Waals surface area contributed by atoms with Gasteiger partial charge in [0, 0.05) is 11.8 Å². The van der Waals surface area contributed by atoms with E-state index in [0.29, 0.717) is 28.9 Å². The Morgan fingerprint density at radius 2 is 2.18 bits per heavy atom. The fourth-order valence-corrected chi connectivity index (χ4v) is 6.12. The third kappa shape index (κ3) is 3.61. The Morgan fingerprint density at radius 3 is 2.76 bits per heavy atom. The summed E-state index contributed by atoms with van der Waals surface area (Å²) in [6.45, 7) is 5.50. The molecule has 2 saturated heterocycles. The van der Waals surface area contributed by atoms with Crippen LogP contribution < -0.4 is 5.32 Å². The smallest absolute Gasteiger partial charge is 0.150 e. The van der Waals surface area contributed by atoms with Crippen molar-refractivity contribution in [2.75, 3.05) is 29.6 Å². The van der Waals surface area contributed by atoms with Gasteiger partial charge in [-0.2, -0.15) is 11.8 Å². The molecule has 2 aliphatic rings. The second-order valence-corrected chi connectivity index (χ2v) is 9.42. The normalized spacial score (nSPS) is 35.9. The van der Waals surface area contributed by atoms with E-state index in [4.69, 9.17) is 0 Å². The lowest BCUT2D eigenvalue weighted by atomic mass is 9.82. The quantitative estimate of drug-likeness (QED) is 0.850. The summed E-state index contributed by atoms with van der Waals surface area (Å²) in [4.78, 5) is 0. The van der Waals surface area contributed by atoms with Crippen molar-refractivity contribution < 1.29 is 8.42 Å². The lowest BCUT2D eigenvalue weighted by Gasteiger charge is -2.39. The zero-order valence-corrected chi connectivity index (χ0v) is 12.4. The highest BCUT2D eigenvalue weighted by molar-refractivity contribution is 7.99. The Kier molecular flexibility index (Phi) is 4.10. The zero-order chi connectivity index (χ0) is 12.5. The van der Waals surface area contributed by atoms with Gasteiger partial charge in [-0.25, -0.2) is 8.42 Å². The van der Waals surface area contributed by atoms with Crippen LogP contribution in [0.4, 0.5) is 0 Å². The standard InChI is InChI=1S/C12H23NO2S2/c1-12(2)4-5-16-8-11(12)13-7-10-3-6-17(14,15)9-10/h10-11,13H,3-9H2,1-2H3. The zero-order valence-electron chi connectivity index (χ0n) is 10.7. The van der Waals surface area contributed by atoms with Gasteiger partial charge in [-0.05, 0) is 36.5 Å². The van der Waals surface area contributed by atoms with Crippen LogP contribution in [0.1, 0.15) is 26.7 Å². The Balaban J connectivity index is 1.82. The summed E-state index contributed by atoms with van der Waals surface area (Å²) in [5.41, 5.74) is 0.350. The molecule has 0 aliphatic carbocycles. The van der Waals surface area contributed by atoms with Gasteiger partial charge in [0.1, 0.15) is 0 Å². The van der Waals surface area contributed by atoms with Gasteiger partial charge in [0.25, 0.3) is 0 Å². The van der Waals surface area contributed by atoms with Crippen molar-refractivity contribution in [1.29, 1.82) is 0 Å².